The molecule has 1 aliphatic carbocycles. The molecule has 0 amide bonds. The molecule has 18 heavy (non-hydrogen) atoms. The fourth-order valence-corrected chi connectivity index (χ4v) is 2.69. The SMILES string of the molecule is CCn1nncc1N1CCC(NCC2CC2)CC1. The van der Waals surface area contributed by atoms with Gasteiger partial charge >= 0.3 is 0 Å². The molecule has 2 heterocycles. The van der Waals surface area contributed by atoms with Crippen molar-refractivity contribution in [3.8, 4) is 0 Å². The first-order chi connectivity index (χ1) is 8.86. The van der Waals surface area contributed by atoms with E-state index in [1.165, 1.54) is 38.0 Å². The van der Waals surface area contributed by atoms with E-state index in [-0.39, 0.29) is 0 Å². The van der Waals surface area contributed by atoms with Crippen molar-refractivity contribution in [2.75, 3.05) is 24.5 Å². The Morgan fingerprint density at radius 3 is 2.72 bits per heavy atom. The van der Waals surface area contributed by atoms with Gasteiger partial charge in [-0.3, -0.25) is 0 Å². The van der Waals surface area contributed by atoms with Crippen molar-refractivity contribution >= 4 is 5.82 Å². The Bertz CT molecular complexity index is 376. The molecule has 0 radical (unpaired) electrons. The summed E-state index contributed by atoms with van der Waals surface area (Å²) in [6, 6.07) is 0.716. The predicted molar refractivity (Wildman–Crippen MR) is 71.7 cm³/mol. The Balaban J connectivity index is 1.49. The molecule has 0 aromatic carbocycles. The minimum Gasteiger partial charge on any atom is -0.355 e. The van der Waals surface area contributed by atoms with Crippen LogP contribution in [0.25, 0.3) is 0 Å². The maximum atomic E-state index is 4.11. The van der Waals surface area contributed by atoms with Crippen LogP contribution in [0.3, 0.4) is 0 Å². The quantitative estimate of drug-likeness (QED) is 0.853. The smallest absolute Gasteiger partial charge is 0.147 e. The van der Waals surface area contributed by atoms with Crippen LogP contribution in [0.1, 0.15) is 32.6 Å². The molecule has 1 N–H and O–H groups in total. The van der Waals surface area contributed by atoms with Gasteiger partial charge in [-0.15, -0.1) is 5.10 Å². The van der Waals surface area contributed by atoms with Crippen molar-refractivity contribution in [2.45, 2.75) is 45.2 Å². The highest BCUT2D eigenvalue weighted by molar-refractivity contribution is 5.36. The first kappa shape index (κ1) is 12.0. The lowest BCUT2D eigenvalue weighted by Crippen LogP contribution is -2.43. The molecule has 0 bridgehead atoms. The zero-order valence-corrected chi connectivity index (χ0v) is 11.2. The fourth-order valence-electron chi connectivity index (χ4n) is 2.69. The topological polar surface area (TPSA) is 46.0 Å². The summed E-state index contributed by atoms with van der Waals surface area (Å²) in [5, 5.41) is 11.8. The minimum atomic E-state index is 0.716. The highest BCUT2D eigenvalue weighted by Crippen LogP contribution is 2.28. The summed E-state index contributed by atoms with van der Waals surface area (Å²) in [6.07, 6.45) is 7.24. The third-order valence-corrected chi connectivity index (χ3v) is 4.11. The van der Waals surface area contributed by atoms with Gasteiger partial charge in [0.15, 0.2) is 0 Å². The molecule has 2 aliphatic rings. The van der Waals surface area contributed by atoms with Gasteiger partial charge in [-0.25, -0.2) is 4.68 Å². The summed E-state index contributed by atoms with van der Waals surface area (Å²) in [5.74, 6) is 2.16. The molecule has 1 aromatic heterocycles. The molecule has 0 spiro atoms. The summed E-state index contributed by atoms with van der Waals surface area (Å²) >= 11 is 0. The van der Waals surface area contributed by atoms with Gasteiger partial charge < -0.3 is 10.2 Å². The normalized spacial score (nSPS) is 21.5. The molecule has 5 heteroatoms. The van der Waals surface area contributed by atoms with E-state index in [2.05, 4.69) is 27.5 Å². The lowest BCUT2D eigenvalue weighted by molar-refractivity contribution is 0.404. The Hall–Kier alpha value is -1.10. The van der Waals surface area contributed by atoms with Crippen LogP contribution in [0.4, 0.5) is 5.82 Å². The molecular formula is C13H23N5. The summed E-state index contributed by atoms with van der Waals surface area (Å²) in [5.41, 5.74) is 0. The maximum Gasteiger partial charge on any atom is 0.147 e. The second-order valence-corrected chi connectivity index (χ2v) is 5.52. The molecule has 2 fully saturated rings. The standard InChI is InChI=1S/C13H23N5/c1-2-18-13(10-15-16-18)17-7-5-12(6-8-17)14-9-11-3-4-11/h10-12,14H,2-9H2,1H3. The number of aryl methyl sites for hydroxylation is 1. The number of piperidine rings is 1. The summed E-state index contributed by atoms with van der Waals surface area (Å²) in [7, 11) is 0. The van der Waals surface area contributed by atoms with Gasteiger partial charge in [-0.2, -0.15) is 0 Å². The van der Waals surface area contributed by atoms with E-state index in [1.54, 1.807) is 0 Å². The van der Waals surface area contributed by atoms with Gasteiger partial charge in [0.2, 0.25) is 0 Å². The van der Waals surface area contributed by atoms with Crippen molar-refractivity contribution in [3.05, 3.63) is 6.20 Å². The van der Waals surface area contributed by atoms with Crippen LogP contribution in [0.5, 0.6) is 0 Å². The first-order valence-corrected chi connectivity index (χ1v) is 7.23. The van der Waals surface area contributed by atoms with Gasteiger partial charge in [0.1, 0.15) is 5.82 Å². The van der Waals surface area contributed by atoms with Crippen LogP contribution in [0.15, 0.2) is 6.20 Å². The zero-order valence-electron chi connectivity index (χ0n) is 11.2. The van der Waals surface area contributed by atoms with Crippen LogP contribution < -0.4 is 10.2 Å². The number of hydrogen-bond acceptors (Lipinski definition) is 4. The first-order valence-electron chi connectivity index (χ1n) is 7.23. The van der Waals surface area contributed by atoms with Crippen LogP contribution in [-0.2, 0) is 6.54 Å². The summed E-state index contributed by atoms with van der Waals surface area (Å²) in [6.45, 7) is 6.49. The molecule has 100 valence electrons. The number of aromatic nitrogens is 3. The predicted octanol–water partition coefficient (Wildman–Crippen LogP) is 1.27. The highest BCUT2D eigenvalue weighted by atomic mass is 15.5. The zero-order chi connectivity index (χ0) is 12.4. The Morgan fingerprint density at radius 1 is 1.28 bits per heavy atom. The van der Waals surface area contributed by atoms with E-state index in [0.717, 1.165) is 25.6 Å². The van der Waals surface area contributed by atoms with Crippen molar-refractivity contribution in [1.82, 2.24) is 20.3 Å². The van der Waals surface area contributed by atoms with E-state index in [4.69, 9.17) is 0 Å². The number of anilines is 1. The lowest BCUT2D eigenvalue weighted by atomic mass is 10.0. The fraction of sp³-hybridized carbons (Fsp3) is 0.846. The molecule has 1 saturated carbocycles. The maximum absolute atomic E-state index is 4.11. The number of nitrogens with one attached hydrogen (secondary N) is 1. The molecule has 5 nitrogen and oxygen atoms in total. The van der Waals surface area contributed by atoms with Gasteiger partial charge in [0, 0.05) is 25.7 Å². The second kappa shape index (κ2) is 5.26. The Morgan fingerprint density at radius 2 is 2.06 bits per heavy atom. The van der Waals surface area contributed by atoms with Crippen LogP contribution in [0, 0.1) is 5.92 Å². The molecule has 1 aliphatic heterocycles. The Labute approximate surface area is 109 Å². The van der Waals surface area contributed by atoms with Crippen molar-refractivity contribution in [2.24, 2.45) is 5.92 Å². The molecule has 1 saturated heterocycles. The number of nitrogens with zero attached hydrogens (tertiary/aromatic N) is 4. The number of rotatable bonds is 5. The van der Waals surface area contributed by atoms with Gasteiger partial charge in [0.05, 0.1) is 6.20 Å². The summed E-state index contributed by atoms with van der Waals surface area (Å²) in [4.78, 5) is 2.42. The van der Waals surface area contributed by atoms with Gasteiger partial charge in [0.25, 0.3) is 0 Å². The van der Waals surface area contributed by atoms with Crippen molar-refractivity contribution in [1.29, 1.82) is 0 Å². The molecule has 0 atom stereocenters. The van der Waals surface area contributed by atoms with E-state index in [9.17, 15) is 0 Å². The van der Waals surface area contributed by atoms with E-state index < -0.39 is 0 Å². The van der Waals surface area contributed by atoms with E-state index >= 15 is 0 Å². The van der Waals surface area contributed by atoms with E-state index in [0.29, 0.717) is 6.04 Å². The third-order valence-electron chi connectivity index (χ3n) is 4.11. The third kappa shape index (κ3) is 2.66. The second-order valence-electron chi connectivity index (χ2n) is 5.52. The lowest BCUT2D eigenvalue weighted by Gasteiger charge is -2.33. The monoisotopic (exact) mass is 249 g/mol. The van der Waals surface area contributed by atoms with Crippen LogP contribution in [-0.4, -0.2) is 40.7 Å². The van der Waals surface area contributed by atoms with Gasteiger partial charge in [-0.1, -0.05) is 5.21 Å². The van der Waals surface area contributed by atoms with E-state index in [1.807, 2.05) is 10.9 Å². The highest BCUT2D eigenvalue weighted by Gasteiger charge is 2.25. The summed E-state index contributed by atoms with van der Waals surface area (Å²) < 4.78 is 1.98. The molecule has 1 aromatic rings. The molecular weight excluding hydrogens is 226 g/mol. The van der Waals surface area contributed by atoms with Crippen molar-refractivity contribution in [3.63, 3.8) is 0 Å². The minimum absolute atomic E-state index is 0.716. The number of hydrogen-bond donors (Lipinski definition) is 1. The van der Waals surface area contributed by atoms with Crippen LogP contribution in [0.2, 0.25) is 0 Å². The average Bonchev–Trinajstić information content (AvgIpc) is 3.12. The molecule has 3 rings (SSSR count). The Kier molecular flexibility index (Phi) is 3.50. The average molecular weight is 249 g/mol. The van der Waals surface area contributed by atoms with Gasteiger partial charge in [-0.05, 0) is 45.1 Å². The molecule has 0 unspecified atom stereocenters. The van der Waals surface area contributed by atoms with Crippen LogP contribution >= 0.6 is 0 Å². The largest absolute Gasteiger partial charge is 0.355 e. The van der Waals surface area contributed by atoms with Crippen molar-refractivity contribution < 1.29 is 0 Å².